The van der Waals surface area contributed by atoms with Crippen LogP contribution in [0.25, 0.3) is 0 Å². The molecule has 0 unspecified atom stereocenters. The number of carbonyl (C=O) groups is 1. The molecule has 5 heteroatoms. The Kier molecular flexibility index (Phi) is 5.41. The van der Waals surface area contributed by atoms with Crippen molar-refractivity contribution < 1.29 is 4.79 Å². The maximum Gasteiger partial charge on any atom is 0.221 e. The molecule has 1 aliphatic heterocycles. The van der Waals surface area contributed by atoms with Crippen LogP contribution in [-0.2, 0) is 4.79 Å². The van der Waals surface area contributed by atoms with E-state index < -0.39 is 0 Å². The molecule has 1 heterocycles. The second kappa shape index (κ2) is 7.07. The van der Waals surface area contributed by atoms with Gasteiger partial charge in [0.1, 0.15) is 0 Å². The van der Waals surface area contributed by atoms with E-state index in [0.717, 1.165) is 45.8 Å². The number of nitrogens with two attached hydrogens (primary N) is 1. The van der Waals surface area contributed by atoms with Gasteiger partial charge in [-0.1, -0.05) is 0 Å². The molecule has 0 spiro atoms. The van der Waals surface area contributed by atoms with Gasteiger partial charge < -0.3 is 20.9 Å². The zero-order valence-corrected chi connectivity index (χ0v) is 11.2. The lowest BCUT2D eigenvalue weighted by Crippen LogP contribution is -2.35. The fourth-order valence-electron chi connectivity index (χ4n) is 2.44. The second-order valence-corrected chi connectivity index (χ2v) is 5.42. The summed E-state index contributed by atoms with van der Waals surface area (Å²) in [6, 6.07) is 0.488. The fraction of sp³-hybridized carbons (Fsp3) is 0.923. The van der Waals surface area contributed by atoms with Crippen LogP contribution >= 0.6 is 0 Å². The first kappa shape index (κ1) is 13.8. The van der Waals surface area contributed by atoms with Crippen molar-refractivity contribution >= 4 is 5.91 Å². The van der Waals surface area contributed by atoms with E-state index in [1.54, 1.807) is 0 Å². The number of rotatable bonds is 6. The van der Waals surface area contributed by atoms with Crippen molar-refractivity contribution in [3.8, 4) is 0 Å². The highest BCUT2D eigenvalue weighted by molar-refractivity contribution is 5.76. The Morgan fingerprint density at radius 1 is 1.11 bits per heavy atom. The van der Waals surface area contributed by atoms with Crippen LogP contribution in [0.3, 0.4) is 0 Å². The van der Waals surface area contributed by atoms with Gasteiger partial charge in [0.05, 0.1) is 0 Å². The first-order valence-electron chi connectivity index (χ1n) is 7.22. The van der Waals surface area contributed by atoms with Crippen molar-refractivity contribution in [2.24, 2.45) is 5.73 Å². The third-order valence-electron chi connectivity index (χ3n) is 3.72. The molecule has 0 radical (unpaired) electrons. The molecule has 0 aromatic carbocycles. The van der Waals surface area contributed by atoms with Gasteiger partial charge in [-0.15, -0.1) is 0 Å². The number of carbonyl (C=O) groups excluding carboxylic acids is 1. The van der Waals surface area contributed by atoms with Gasteiger partial charge in [-0.3, -0.25) is 4.79 Å². The fourth-order valence-corrected chi connectivity index (χ4v) is 2.44. The summed E-state index contributed by atoms with van der Waals surface area (Å²) in [4.78, 5) is 16.5. The van der Waals surface area contributed by atoms with Gasteiger partial charge in [0, 0.05) is 45.2 Å². The molecule has 1 saturated carbocycles. The van der Waals surface area contributed by atoms with E-state index in [0.29, 0.717) is 12.5 Å². The summed E-state index contributed by atoms with van der Waals surface area (Å²) < 4.78 is 0. The number of amides is 1. The monoisotopic (exact) mass is 254 g/mol. The lowest BCUT2D eigenvalue weighted by Gasteiger charge is -2.21. The van der Waals surface area contributed by atoms with Crippen LogP contribution in [0.15, 0.2) is 0 Å². The highest BCUT2D eigenvalue weighted by Gasteiger charge is 2.23. The van der Waals surface area contributed by atoms with E-state index in [9.17, 15) is 4.79 Å². The van der Waals surface area contributed by atoms with Crippen LogP contribution in [0.5, 0.6) is 0 Å². The normalized spacial score (nSPS) is 22.7. The first-order valence-corrected chi connectivity index (χ1v) is 7.22. The van der Waals surface area contributed by atoms with Crippen LogP contribution in [0.1, 0.15) is 25.7 Å². The maximum atomic E-state index is 11.6. The van der Waals surface area contributed by atoms with E-state index >= 15 is 0 Å². The van der Waals surface area contributed by atoms with Crippen LogP contribution in [0, 0.1) is 0 Å². The van der Waals surface area contributed by atoms with Gasteiger partial charge in [0.15, 0.2) is 0 Å². The number of hydrogen-bond donors (Lipinski definition) is 2. The molecule has 2 fully saturated rings. The smallest absolute Gasteiger partial charge is 0.221 e. The molecule has 0 aromatic heterocycles. The molecular weight excluding hydrogens is 228 g/mol. The summed E-state index contributed by atoms with van der Waals surface area (Å²) in [7, 11) is 0. The Bertz CT molecular complexity index is 268. The van der Waals surface area contributed by atoms with Crippen molar-refractivity contribution in [3.05, 3.63) is 0 Å². The molecule has 0 bridgehead atoms. The lowest BCUT2D eigenvalue weighted by atomic mass is 10.3. The van der Waals surface area contributed by atoms with Crippen LogP contribution in [-0.4, -0.2) is 67.6 Å². The maximum absolute atomic E-state index is 11.6. The molecule has 1 aliphatic carbocycles. The Morgan fingerprint density at radius 2 is 1.78 bits per heavy atom. The first-order chi connectivity index (χ1) is 8.78. The third-order valence-corrected chi connectivity index (χ3v) is 3.72. The molecule has 18 heavy (non-hydrogen) atoms. The van der Waals surface area contributed by atoms with E-state index in [1.807, 2.05) is 0 Å². The standard InChI is InChI=1S/C13H26N4O/c14-5-9-17-7-1-6-16(10-11-17)8-4-13(18)15-12-2-3-12/h12H,1-11,14H2,(H,15,18). The Hall–Kier alpha value is -0.650. The van der Waals surface area contributed by atoms with Crippen molar-refractivity contribution in [2.75, 3.05) is 45.8 Å². The summed E-state index contributed by atoms with van der Waals surface area (Å²) in [6.07, 6.45) is 4.17. The molecule has 1 amide bonds. The molecule has 2 aliphatic rings. The van der Waals surface area contributed by atoms with Crippen molar-refractivity contribution in [3.63, 3.8) is 0 Å². The molecule has 3 N–H and O–H groups in total. The predicted octanol–water partition coefficient (Wildman–Crippen LogP) is -0.378. The van der Waals surface area contributed by atoms with Crippen LogP contribution < -0.4 is 11.1 Å². The quantitative estimate of drug-likeness (QED) is 0.678. The summed E-state index contributed by atoms with van der Waals surface area (Å²) in [5, 5.41) is 3.05. The molecule has 1 saturated heterocycles. The van der Waals surface area contributed by atoms with Crippen molar-refractivity contribution in [1.82, 2.24) is 15.1 Å². The zero-order chi connectivity index (χ0) is 12.8. The zero-order valence-electron chi connectivity index (χ0n) is 11.2. The van der Waals surface area contributed by atoms with Crippen LogP contribution in [0.4, 0.5) is 0 Å². The minimum absolute atomic E-state index is 0.223. The van der Waals surface area contributed by atoms with Gasteiger partial charge >= 0.3 is 0 Å². The van der Waals surface area contributed by atoms with Gasteiger partial charge in [-0.2, -0.15) is 0 Å². The third kappa shape index (κ3) is 4.92. The Morgan fingerprint density at radius 3 is 2.39 bits per heavy atom. The highest BCUT2D eigenvalue weighted by Crippen LogP contribution is 2.18. The predicted molar refractivity (Wildman–Crippen MR) is 72.3 cm³/mol. The lowest BCUT2D eigenvalue weighted by molar-refractivity contribution is -0.121. The van der Waals surface area contributed by atoms with Crippen molar-refractivity contribution in [2.45, 2.75) is 31.7 Å². The molecular formula is C13H26N4O. The van der Waals surface area contributed by atoms with E-state index in [-0.39, 0.29) is 5.91 Å². The Balaban J connectivity index is 1.61. The Labute approximate surface area is 110 Å². The number of nitrogens with one attached hydrogen (secondary N) is 1. The summed E-state index contributed by atoms with van der Waals surface area (Å²) in [5.41, 5.74) is 5.59. The van der Waals surface area contributed by atoms with Gasteiger partial charge in [0.2, 0.25) is 5.91 Å². The largest absolute Gasteiger partial charge is 0.353 e. The summed E-state index contributed by atoms with van der Waals surface area (Å²) in [6.45, 7) is 7.03. The minimum Gasteiger partial charge on any atom is -0.353 e. The van der Waals surface area contributed by atoms with E-state index in [4.69, 9.17) is 5.73 Å². The van der Waals surface area contributed by atoms with Crippen LogP contribution in [0.2, 0.25) is 0 Å². The molecule has 5 nitrogen and oxygen atoms in total. The molecule has 104 valence electrons. The number of nitrogens with zero attached hydrogens (tertiary/aromatic N) is 2. The molecule has 0 aromatic rings. The SMILES string of the molecule is NCCN1CCCN(CCC(=O)NC2CC2)CC1. The topological polar surface area (TPSA) is 61.6 Å². The van der Waals surface area contributed by atoms with Gasteiger partial charge in [0.25, 0.3) is 0 Å². The second-order valence-electron chi connectivity index (χ2n) is 5.42. The average molecular weight is 254 g/mol. The summed E-state index contributed by atoms with van der Waals surface area (Å²) in [5.74, 6) is 0.223. The summed E-state index contributed by atoms with van der Waals surface area (Å²) >= 11 is 0. The van der Waals surface area contributed by atoms with Gasteiger partial charge in [-0.05, 0) is 32.4 Å². The average Bonchev–Trinajstić information content (AvgIpc) is 3.15. The van der Waals surface area contributed by atoms with E-state index in [2.05, 4.69) is 15.1 Å². The van der Waals surface area contributed by atoms with E-state index in [1.165, 1.54) is 19.3 Å². The highest BCUT2D eigenvalue weighted by atomic mass is 16.1. The van der Waals surface area contributed by atoms with Gasteiger partial charge in [-0.25, -0.2) is 0 Å². The van der Waals surface area contributed by atoms with Crippen molar-refractivity contribution in [1.29, 1.82) is 0 Å². The molecule has 2 rings (SSSR count). The molecule has 0 atom stereocenters. The minimum atomic E-state index is 0.223. The number of hydrogen-bond acceptors (Lipinski definition) is 4.